The minimum absolute atomic E-state index is 0.0324. The summed E-state index contributed by atoms with van der Waals surface area (Å²) < 4.78 is 14.9. The van der Waals surface area contributed by atoms with Crippen LogP contribution in [-0.2, 0) is 19.0 Å². The third-order valence-electron chi connectivity index (χ3n) is 1.88. The molecule has 0 unspecified atom stereocenters. The van der Waals surface area contributed by atoms with Crippen molar-refractivity contribution in [3.05, 3.63) is 12.5 Å². The van der Waals surface area contributed by atoms with Crippen LogP contribution >= 0.6 is 0 Å². The van der Waals surface area contributed by atoms with Gasteiger partial charge in [0.15, 0.2) is 6.61 Å². The standard InChI is InChI=1S/C10H12O4/c1-4-5-12-9(11)10(3)6-13-8(2)14-7-10/h1H,2,5-7H2,3H3. The first kappa shape index (κ1) is 10.5. The van der Waals surface area contributed by atoms with Gasteiger partial charge in [0.05, 0.1) is 0 Å². The van der Waals surface area contributed by atoms with Crippen molar-refractivity contribution in [2.24, 2.45) is 5.41 Å². The van der Waals surface area contributed by atoms with Gasteiger partial charge in [0.2, 0.25) is 0 Å². The lowest BCUT2D eigenvalue weighted by Crippen LogP contribution is -2.42. The summed E-state index contributed by atoms with van der Waals surface area (Å²) in [5.41, 5.74) is -0.794. The van der Waals surface area contributed by atoms with Gasteiger partial charge in [-0.2, -0.15) is 0 Å². The fraction of sp³-hybridized carbons (Fsp3) is 0.500. The van der Waals surface area contributed by atoms with E-state index in [0.29, 0.717) is 0 Å². The molecule has 0 aliphatic carbocycles. The number of hydrogen-bond donors (Lipinski definition) is 0. The highest BCUT2D eigenvalue weighted by Gasteiger charge is 2.40. The summed E-state index contributed by atoms with van der Waals surface area (Å²) in [7, 11) is 0. The van der Waals surface area contributed by atoms with Gasteiger partial charge < -0.3 is 14.2 Å². The highest BCUT2D eigenvalue weighted by Crippen LogP contribution is 2.26. The molecule has 0 amide bonds. The van der Waals surface area contributed by atoms with Gasteiger partial charge in [0, 0.05) is 0 Å². The summed E-state index contributed by atoms with van der Waals surface area (Å²) in [6.45, 7) is 5.54. The Bertz CT molecular complexity index is 277. The molecular weight excluding hydrogens is 184 g/mol. The lowest BCUT2D eigenvalue weighted by Gasteiger charge is -2.31. The number of esters is 1. The molecule has 0 saturated carbocycles. The van der Waals surface area contributed by atoms with E-state index in [0.717, 1.165) is 0 Å². The highest BCUT2D eigenvalue weighted by atomic mass is 16.7. The molecular formula is C10H12O4. The van der Waals surface area contributed by atoms with Gasteiger partial charge in [-0.05, 0) is 13.5 Å². The van der Waals surface area contributed by atoms with Crippen LogP contribution in [0.2, 0.25) is 0 Å². The third-order valence-corrected chi connectivity index (χ3v) is 1.88. The largest absolute Gasteiger partial charge is 0.465 e. The summed E-state index contributed by atoms with van der Waals surface area (Å²) in [6, 6.07) is 0. The van der Waals surface area contributed by atoms with Gasteiger partial charge >= 0.3 is 5.97 Å². The van der Waals surface area contributed by atoms with Crippen LogP contribution in [0.25, 0.3) is 0 Å². The molecule has 0 N–H and O–H groups in total. The lowest BCUT2D eigenvalue weighted by atomic mass is 9.92. The average Bonchev–Trinajstić information content (AvgIpc) is 2.19. The molecule has 0 aromatic heterocycles. The summed E-state index contributed by atoms with van der Waals surface area (Å²) in [5, 5.41) is 0. The molecule has 76 valence electrons. The first-order chi connectivity index (χ1) is 6.58. The zero-order valence-corrected chi connectivity index (χ0v) is 8.04. The topological polar surface area (TPSA) is 44.8 Å². The van der Waals surface area contributed by atoms with E-state index in [1.165, 1.54) is 0 Å². The number of terminal acetylenes is 1. The maximum Gasteiger partial charge on any atom is 0.319 e. The molecule has 0 atom stereocenters. The lowest BCUT2D eigenvalue weighted by molar-refractivity contribution is -0.171. The molecule has 1 fully saturated rings. The molecule has 0 aromatic rings. The van der Waals surface area contributed by atoms with Gasteiger partial charge in [-0.15, -0.1) is 6.42 Å². The fourth-order valence-electron chi connectivity index (χ4n) is 0.962. The second-order valence-corrected chi connectivity index (χ2v) is 3.29. The second-order valence-electron chi connectivity index (χ2n) is 3.29. The van der Waals surface area contributed by atoms with E-state index in [9.17, 15) is 4.79 Å². The third kappa shape index (κ3) is 2.19. The van der Waals surface area contributed by atoms with Gasteiger partial charge in [0.1, 0.15) is 18.6 Å². The Morgan fingerprint density at radius 3 is 2.79 bits per heavy atom. The van der Waals surface area contributed by atoms with Crippen LogP contribution in [0.4, 0.5) is 0 Å². The Kier molecular flexibility index (Phi) is 3.03. The van der Waals surface area contributed by atoms with Crippen LogP contribution in [-0.4, -0.2) is 25.8 Å². The Hall–Kier alpha value is -1.63. The normalized spacial score (nSPS) is 18.7. The van der Waals surface area contributed by atoms with E-state index in [-0.39, 0.29) is 25.8 Å². The summed E-state index contributed by atoms with van der Waals surface area (Å²) in [4.78, 5) is 11.5. The maximum absolute atomic E-state index is 11.5. The van der Waals surface area contributed by atoms with Crippen molar-refractivity contribution in [2.75, 3.05) is 19.8 Å². The van der Waals surface area contributed by atoms with E-state index < -0.39 is 11.4 Å². The Morgan fingerprint density at radius 2 is 2.29 bits per heavy atom. The van der Waals surface area contributed by atoms with Crippen molar-refractivity contribution in [1.82, 2.24) is 0 Å². The second kappa shape index (κ2) is 4.05. The number of carbonyl (C=O) groups excluding carboxylic acids is 1. The maximum atomic E-state index is 11.5. The monoisotopic (exact) mass is 196 g/mol. The van der Waals surface area contributed by atoms with Crippen molar-refractivity contribution in [3.63, 3.8) is 0 Å². The highest BCUT2D eigenvalue weighted by molar-refractivity contribution is 5.77. The number of ether oxygens (including phenoxy) is 3. The zero-order chi connectivity index (χ0) is 10.6. The van der Waals surface area contributed by atoms with Crippen molar-refractivity contribution in [3.8, 4) is 12.3 Å². The van der Waals surface area contributed by atoms with Crippen molar-refractivity contribution >= 4 is 5.97 Å². The predicted octanol–water partition coefficient (Wildman–Crippen LogP) is 0.687. The smallest absolute Gasteiger partial charge is 0.319 e. The van der Waals surface area contributed by atoms with Crippen molar-refractivity contribution in [1.29, 1.82) is 0 Å². The van der Waals surface area contributed by atoms with E-state index in [2.05, 4.69) is 12.5 Å². The zero-order valence-electron chi connectivity index (χ0n) is 8.04. The summed E-state index contributed by atoms with van der Waals surface area (Å²) in [6.07, 6.45) is 4.97. The van der Waals surface area contributed by atoms with Crippen LogP contribution in [0, 0.1) is 17.8 Å². The molecule has 4 heteroatoms. The van der Waals surface area contributed by atoms with Crippen LogP contribution in [0.3, 0.4) is 0 Å². The van der Waals surface area contributed by atoms with Crippen LogP contribution < -0.4 is 0 Å². The molecule has 0 radical (unpaired) electrons. The Balaban J connectivity index is 2.53. The molecule has 1 aliphatic heterocycles. The van der Waals surface area contributed by atoms with E-state index >= 15 is 0 Å². The minimum Gasteiger partial charge on any atom is -0.465 e. The van der Waals surface area contributed by atoms with Crippen molar-refractivity contribution in [2.45, 2.75) is 6.92 Å². The SMILES string of the molecule is C#CCOC(=O)C1(C)COC(=C)OC1. The molecule has 1 saturated heterocycles. The van der Waals surface area contributed by atoms with E-state index in [1.54, 1.807) is 6.92 Å². The van der Waals surface area contributed by atoms with Gasteiger partial charge in [-0.25, -0.2) is 0 Å². The number of carbonyl (C=O) groups is 1. The number of hydrogen-bond acceptors (Lipinski definition) is 4. The summed E-state index contributed by atoms with van der Waals surface area (Å²) in [5.74, 6) is 2.04. The first-order valence-corrected chi connectivity index (χ1v) is 4.14. The van der Waals surface area contributed by atoms with Crippen LogP contribution in [0.1, 0.15) is 6.92 Å². The molecule has 0 spiro atoms. The molecule has 14 heavy (non-hydrogen) atoms. The molecule has 4 nitrogen and oxygen atoms in total. The molecule has 1 rings (SSSR count). The van der Waals surface area contributed by atoms with E-state index in [4.69, 9.17) is 20.6 Å². The Morgan fingerprint density at radius 1 is 1.71 bits per heavy atom. The van der Waals surface area contributed by atoms with Gasteiger partial charge in [-0.1, -0.05) is 5.92 Å². The quantitative estimate of drug-likeness (QED) is 0.481. The van der Waals surface area contributed by atoms with Gasteiger partial charge in [0.25, 0.3) is 5.95 Å². The van der Waals surface area contributed by atoms with Crippen LogP contribution in [0.15, 0.2) is 12.5 Å². The van der Waals surface area contributed by atoms with Crippen LogP contribution in [0.5, 0.6) is 0 Å². The predicted molar refractivity (Wildman–Crippen MR) is 48.9 cm³/mol. The van der Waals surface area contributed by atoms with Crippen molar-refractivity contribution < 1.29 is 19.0 Å². The molecule has 0 aromatic carbocycles. The summed E-state index contributed by atoms with van der Waals surface area (Å²) >= 11 is 0. The first-order valence-electron chi connectivity index (χ1n) is 4.14. The molecule has 0 bridgehead atoms. The average molecular weight is 196 g/mol. The fourth-order valence-corrected chi connectivity index (χ4v) is 0.962. The minimum atomic E-state index is -0.794. The van der Waals surface area contributed by atoms with E-state index in [1.807, 2.05) is 0 Å². The molecule has 1 heterocycles. The Labute approximate surface area is 82.8 Å². The van der Waals surface area contributed by atoms with Gasteiger partial charge in [-0.3, -0.25) is 4.79 Å². The number of rotatable bonds is 2. The molecule has 1 aliphatic rings.